The predicted molar refractivity (Wildman–Crippen MR) is 104 cm³/mol. The zero-order valence-corrected chi connectivity index (χ0v) is 15.6. The third-order valence-electron chi connectivity index (χ3n) is 3.81. The van der Waals surface area contributed by atoms with E-state index in [4.69, 9.17) is 11.6 Å². The largest absolute Gasteiger partial charge is 0.465 e. The topological polar surface area (TPSA) is 71.5 Å². The molecule has 2 N–H and O–H groups in total. The molecule has 7 heteroatoms. The van der Waals surface area contributed by atoms with Crippen LogP contribution in [0.25, 0.3) is 11.1 Å². The highest BCUT2D eigenvalue weighted by Crippen LogP contribution is 2.28. The van der Waals surface area contributed by atoms with Crippen molar-refractivity contribution >= 4 is 34.0 Å². The van der Waals surface area contributed by atoms with E-state index in [2.05, 4.69) is 15.0 Å². The second-order valence-electron chi connectivity index (χ2n) is 5.52. The van der Waals surface area contributed by atoms with E-state index in [1.165, 1.54) is 7.11 Å². The van der Waals surface area contributed by atoms with Crippen LogP contribution in [0.15, 0.2) is 54.6 Å². The molecule has 1 aromatic heterocycles. The Kier molecular flexibility index (Phi) is 5.88. The Labute approximate surface area is 160 Å². The molecule has 0 aliphatic heterocycles. The van der Waals surface area contributed by atoms with Crippen LogP contribution in [0.1, 0.15) is 21.3 Å². The van der Waals surface area contributed by atoms with E-state index in [-0.39, 0.29) is 16.6 Å². The van der Waals surface area contributed by atoms with Gasteiger partial charge in [-0.3, -0.25) is 0 Å². The molecule has 1 atom stereocenters. The minimum absolute atomic E-state index is 0.0889. The maximum absolute atomic E-state index is 11.5. The molecule has 0 saturated carbocycles. The molecule has 26 heavy (non-hydrogen) atoms. The molecule has 3 aromatic rings. The summed E-state index contributed by atoms with van der Waals surface area (Å²) < 4.78 is 4.64. The third-order valence-corrected chi connectivity index (χ3v) is 5.18. The van der Waals surface area contributed by atoms with E-state index in [1.54, 1.807) is 0 Å². The van der Waals surface area contributed by atoms with Crippen molar-refractivity contribution in [1.29, 1.82) is 0 Å². The number of hydrogen-bond acceptors (Lipinski definition) is 6. The predicted octanol–water partition coefficient (Wildman–Crippen LogP) is 4.40. The van der Waals surface area contributed by atoms with Crippen LogP contribution in [0, 0.1) is 0 Å². The average molecular weight is 389 g/mol. The van der Waals surface area contributed by atoms with Gasteiger partial charge in [0.2, 0.25) is 0 Å². The van der Waals surface area contributed by atoms with Crippen LogP contribution in [0.4, 0.5) is 5.13 Å². The number of ether oxygens (including phenoxy) is 1. The Morgan fingerprint density at radius 1 is 1.19 bits per heavy atom. The summed E-state index contributed by atoms with van der Waals surface area (Å²) in [6, 6.07) is 17.8. The van der Waals surface area contributed by atoms with Crippen molar-refractivity contribution in [1.82, 2.24) is 4.98 Å². The van der Waals surface area contributed by atoms with Gasteiger partial charge in [0.15, 0.2) is 15.2 Å². The summed E-state index contributed by atoms with van der Waals surface area (Å²) in [6.45, 7) is 0.245. The highest BCUT2D eigenvalue weighted by atomic mass is 35.5. The number of nitrogens with one attached hydrogen (secondary N) is 1. The Morgan fingerprint density at radius 2 is 1.85 bits per heavy atom. The van der Waals surface area contributed by atoms with Crippen molar-refractivity contribution in [3.05, 3.63) is 70.2 Å². The molecule has 1 unspecified atom stereocenters. The van der Waals surface area contributed by atoms with Crippen LogP contribution in [0.5, 0.6) is 0 Å². The van der Waals surface area contributed by atoms with Gasteiger partial charge in [-0.25, -0.2) is 9.78 Å². The van der Waals surface area contributed by atoms with Crippen LogP contribution < -0.4 is 5.32 Å². The first-order chi connectivity index (χ1) is 12.6. The lowest BCUT2D eigenvalue weighted by Crippen LogP contribution is -2.11. The van der Waals surface area contributed by atoms with E-state index in [1.807, 2.05) is 54.6 Å². The zero-order valence-electron chi connectivity index (χ0n) is 14.0. The lowest BCUT2D eigenvalue weighted by atomic mass is 10.0. The summed E-state index contributed by atoms with van der Waals surface area (Å²) in [6.07, 6.45) is -0.718. The zero-order chi connectivity index (χ0) is 18.5. The fourth-order valence-corrected chi connectivity index (χ4v) is 3.54. The maximum Gasteiger partial charge on any atom is 0.351 e. The van der Waals surface area contributed by atoms with Crippen molar-refractivity contribution in [3.63, 3.8) is 0 Å². The number of nitrogens with zero attached hydrogens (tertiary/aromatic N) is 1. The number of aliphatic hydroxyl groups is 1. The SMILES string of the molecule is COC(=O)c1sc(NCC(O)c2ccc(-c3ccccc3)cc2)nc1Cl. The highest BCUT2D eigenvalue weighted by Gasteiger charge is 2.18. The molecule has 0 fully saturated rings. The summed E-state index contributed by atoms with van der Waals surface area (Å²) in [5, 5.41) is 13.9. The number of aliphatic hydroxyl groups excluding tert-OH is 1. The summed E-state index contributed by atoms with van der Waals surface area (Å²) in [5.74, 6) is -0.530. The molecule has 1 heterocycles. The van der Waals surface area contributed by atoms with E-state index >= 15 is 0 Å². The molecule has 0 spiro atoms. The minimum atomic E-state index is -0.718. The Bertz CT molecular complexity index is 882. The maximum atomic E-state index is 11.5. The molecule has 3 rings (SSSR count). The molecule has 0 aliphatic rings. The second kappa shape index (κ2) is 8.31. The smallest absolute Gasteiger partial charge is 0.351 e. The third kappa shape index (κ3) is 4.22. The first kappa shape index (κ1) is 18.4. The summed E-state index contributed by atoms with van der Waals surface area (Å²) in [5.41, 5.74) is 3.00. The van der Waals surface area contributed by atoms with Gasteiger partial charge >= 0.3 is 5.97 Å². The highest BCUT2D eigenvalue weighted by molar-refractivity contribution is 7.18. The van der Waals surface area contributed by atoms with Crippen molar-refractivity contribution in [3.8, 4) is 11.1 Å². The van der Waals surface area contributed by atoms with Crippen molar-refractivity contribution < 1.29 is 14.6 Å². The summed E-state index contributed by atoms with van der Waals surface area (Å²) in [4.78, 5) is 15.8. The number of hydrogen-bond donors (Lipinski definition) is 2. The van der Waals surface area contributed by atoms with Gasteiger partial charge in [0.05, 0.1) is 13.2 Å². The van der Waals surface area contributed by atoms with Gasteiger partial charge in [-0.05, 0) is 16.7 Å². The number of carbonyl (C=O) groups is 1. The molecular formula is C19H17ClN2O3S. The Hall–Kier alpha value is -2.41. The quantitative estimate of drug-likeness (QED) is 0.612. The number of aromatic nitrogens is 1. The van der Waals surface area contributed by atoms with E-state index in [9.17, 15) is 9.90 Å². The standard InChI is InChI=1S/C19H17ClN2O3S/c1-25-18(24)16-17(20)22-19(26-16)21-11-15(23)14-9-7-13(8-10-14)12-5-3-2-4-6-12/h2-10,15,23H,11H2,1H3,(H,21,22). The molecule has 0 aliphatic carbocycles. The normalized spacial score (nSPS) is 11.8. The lowest BCUT2D eigenvalue weighted by Gasteiger charge is -2.12. The number of anilines is 1. The van der Waals surface area contributed by atoms with Gasteiger partial charge in [-0.15, -0.1) is 0 Å². The molecular weight excluding hydrogens is 372 g/mol. The molecule has 0 amide bonds. The minimum Gasteiger partial charge on any atom is -0.465 e. The number of carbonyl (C=O) groups excluding carboxylic acids is 1. The van der Waals surface area contributed by atoms with Crippen LogP contribution in [-0.2, 0) is 4.74 Å². The van der Waals surface area contributed by atoms with Crippen LogP contribution in [-0.4, -0.2) is 29.7 Å². The van der Waals surface area contributed by atoms with Crippen molar-refractivity contribution in [2.24, 2.45) is 0 Å². The molecule has 0 saturated heterocycles. The van der Waals surface area contributed by atoms with Gasteiger partial charge in [0, 0.05) is 6.54 Å². The van der Waals surface area contributed by atoms with Gasteiger partial charge in [0.1, 0.15) is 0 Å². The lowest BCUT2D eigenvalue weighted by molar-refractivity contribution is 0.0606. The van der Waals surface area contributed by atoms with Crippen molar-refractivity contribution in [2.75, 3.05) is 19.0 Å². The van der Waals surface area contributed by atoms with Crippen LogP contribution in [0.3, 0.4) is 0 Å². The van der Waals surface area contributed by atoms with Gasteiger partial charge < -0.3 is 15.2 Å². The molecule has 5 nitrogen and oxygen atoms in total. The van der Waals surface area contributed by atoms with Crippen LogP contribution in [0.2, 0.25) is 5.15 Å². The number of halogens is 1. The molecule has 2 aromatic carbocycles. The number of methoxy groups -OCH3 is 1. The molecule has 0 bridgehead atoms. The van der Waals surface area contributed by atoms with Gasteiger partial charge in [-0.1, -0.05) is 77.5 Å². The summed E-state index contributed by atoms with van der Waals surface area (Å²) in [7, 11) is 1.29. The van der Waals surface area contributed by atoms with Gasteiger partial charge in [-0.2, -0.15) is 0 Å². The van der Waals surface area contributed by atoms with Gasteiger partial charge in [0.25, 0.3) is 0 Å². The monoisotopic (exact) mass is 388 g/mol. The van der Waals surface area contributed by atoms with E-state index in [0.717, 1.165) is 28.0 Å². The molecule has 134 valence electrons. The first-order valence-corrected chi connectivity index (χ1v) is 9.10. The number of thiazole rings is 1. The Morgan fingerprint density at radius 3 is 2.50 bits per heavy atom. The number of rotatable bonds is 6. The number of esters is 1. The van der Waals surface area contributed by atoms with Crippen molar-refractivity contribution in [2.45, 2.75) is 6.10 Å². The second-order valence-corrected chi connectivity index (χ2v) is 6.87. The van der Waals surface area contributed by atoms with Crippen LogP contribution >= 0.6 is 22.9 Å². The fourth-order valence-electron chi connectivity index (χ4n) is 2.43. The van der Waals surface area contributed by atoms with E-state index < -0.39 is 12.1 Å². The molecule has 0 radical (unpaired) electrons. The first-order valence-electron chi connectivity index (χ1n) is 7.90. The number of benzene rings is 2. The summed E-state index contributed by atoms with van der Waals surface area (Å²) >= 11 is 7.01. The van der Waals surface area contributed by atoms with E-state index in [0.29, 0.717) is 5.13 Å². The average Bonchev–Trinajstić information content (AvgIpc) is 3.07. The fraction of sp³-hybridized carbons (Fsp3) is 0.158. The Balaban J connectivity index is 1.63.